The Morgan fingerprint density at radius 3 is 2.65 bits per heavy atom. The highest BCUT2D eigenvalue weighted by atomic mass is 16.5. The molecule has 0 aliphatic heterocycles. The molecule has 20 heavy (non-hydrogen) atoms. The maximum absolute atomic E-state index is 11.9. The molecule has 2 aromatic carbocycles. The number of hydrogen-bond donors (Lipinski definition) is 0. The highest BCUT2D eigenvalue weighted by molar-refractivity contribution is 5.90. The van der Waals surface area contributed by atoms with E-state index >= 15 is 0 Å². The summed E-state index contributed by atoms with van der Waals surface area (Å²) in [4.78, 5) is 25.8. The summed E-state index contributed by atoms with van der Waals surface area (Å²) in [7, 11) is 0. The lowest BCUT2D eigenvalue weighted by molar-refractivity contribution is 0.0473. The van der Waals surface area contributed by atoms with Gasteiger partial charge in [0.2, 0.25) is 6.08 Å². The summed E-state index contributed by atoms with van der Waals surface area (Å²) in [6.45, 7) is 2.01. The van der Waals surface area contributed by atoms with Gasteiger partial charge in [0.15, 0.2) is 0 Å². The standard InChI is InChI=1S/C16H13NO3/c1-12-7-8-14(9-15(12)17-11-18)16(19)20-10-13-5-3-2-4-6-13/h2-9H,10H2,1H3. The second kappa shape index (κ2) is 6.45. The van der Waals surface area contributed by atoms with E-state index in [-0.39, 0.29) is 6.61 Å². The minimum atomic E-state index is -0.448. The van der Waals surface area contributed by atoms with Crippen LogP contribution in [-0.2, 0) is 16.1 Å². The maximum atomic E-state index is 11.9. The average molecular weight is 267 g/mol. The molecule has 0 fully saturated rings. The van der Waals surface area contributed by atoms with Gasteiger partial charge in [-0.3, -0.25) is 0 Å². The predicted molar refractivity (Wildman–Crippen MR) is 74.5 cm³/mol. The van der Waals surface area contributed by atoms with Crippen molar-refractivity contribution in [1.82, 2.24) is 0 Å². The minimum absolute atomic E-state index is 0.208. The zero-order valence-corrected chi connectivity index (χ0v) is 11.0. The molecule has 0 spiro atoms. The monoisotopic (exact) mass is 267 g/mol. The molecular weight excluding hydrogens is 254 g/mol. The van der Waals surface area contributed by atoms with Gasteiger partial charge < -0.3 is 4.74 Å². The zero-order valence-electron chi connectivity index (χ0n) is 11.0. The third kappa shape index (κ3) is 3.40. The molecule has 0 radical (unpaired) electrons. The number of ether oxygens (including phenoxy) is 1. The predicted octanol–water partition coefficient (Wildman–Crippen LogP) is 3.32. The molecule has 0 aromatic heterocycles. The molecule has 0 N–H and O–H groups in total. The lowest BCUT2D eigenvalue weighted by Gasteiger charge is -2.06. The molecule has 0 bridgehead atoms. The second-order valence-electron chi connectivity index (χ2n) is 4.27. The Hall–Kier alpha value is -2.71. The lowest BCUT2D eigenvalue weighted by atomic mass is 10.1. The molecule has 100 valence electrons. The summed E-state index contributed by atoms with van der Waals surface area (Å²) in [5.41, 5.74) is 2.50. The Morgan fingerprint density at radius 2 is 1.95 bits per heavy atom. The second-order valence-corrected chi connectivity index (χ2v) is 4.27. The van der Waals surface area contributed by atoms with Gasteiger partial charge >= 0.3 is 5.97 Å². The van der Waals surface area contributed by atoms with Gasteiger partial charge in [-0.05, 0) is 30.2 Å². The molecule has 0 aliphatic rings. The van der Waals surface area contributed by atoms with Crippen molar-refractivity contribution in [3.05, 3.63) is 65.2 Å². The van der Waals surface area contributed by atoms with Crippen LogP contribution in [0.1, 0.15) is 21.5 Å². The number of isocyanates is 1. The maximum Gasteiger partial charge on any atom is 0.338 e. The van der Waals surface area contributed by atoms with E-state index in [1.807, 2.05) is 30.3 Å². The molecule has 2 aromatic rings. The smallest absolute Gasteiger partial charge is 0.338 e. The lowest BCUT2D eigenvalue weighted by Crippen LogP contribution is -2.05. The van der Waals surface area contributed by atoms with E-state index in [2.05, 4.69) is 4.99 Å². The number of aliphatic imine (C=N–C) groups is 1. The van der Waals surface area contributed by atoms with E-state index in [1.54, 1.807) is 19.1 Å². The first-order valence-corrected chi connectivity index (χ1v) is 6.10. The van der Waals surface area contributed by atoms with E-state index < -0.39 is 5.97 Å². The Bertz CT molecular complexity index is 659. The number of carbonyl (C=O) groups is 1. The van der Waals surface area contributed by atoms with Crippen molar-refractivity contribution in [2.75, 3.05) is 0 Å². The van der Waals surface area contributed by atoms with E-state index in [0.717, 1.165) is 11.1 Å². The summed E-state index contributed by atoms with van der Waals surface area (Å²) in [5, 5.41) is 0. The quantitative estimate of drug-likeness (QED) is 0.485. The Labute approximate surface area is 116 Å². The largest absolute Gasteiger partial charge is 0.457 e. The highest BCUT2D eigenvalue weighted by Gasteiger charge is 2.09. The van der Waals surface area contributed by atoms with Gasteiger partial charge in [0, 0.05) is 0 Å². The van der Waals surface area contributed by atoms with Gasteiger partial charge in [0.25, 0.3) is 0 Å². The number of hydrogen-bond acceptors (Lipinski definition) is 4. The van der Waals surface area contributed by atoms with E-state index in [1.165, 1.54) is 12.1 Å². The van der Waals surface area contributed by atoms with Crippen LogP contribution in [0.2, 0.25) is 0 Å². The molecule has 0 atom stereocenters. The van der Waals surface area contributed by atoms with Crippen molar-refractivity contribution in [2.24, 2.45) is 4.99 Å². The SMILES string of the molecule is Cc1ccc(C(=O)OCc2ccccc2)cc1N=C=O. The molecule has 4 nitrogen and oxygen atoms in total. The van der Waals surface area contributed by atoms with Crippen LogP contribution >= 0.6 is 0 Å². The fraction of sp³-hybridized carbons (Fsp3) is 0.125. The van der Waals surface area contributed by atoms with Crippen LogP contribution in [0, 0.1) is 6.92 Å². The average Bonchev–Trinajstić information content (AvgIpc) is 2.48. The van der Waals surface area contributed by atoms with Crippen molar-refractivity contribution in [1.29, 1.82) is 0 Å². The Balaban J connectivity index is 2.09. The minimum Gasteiger partial charge on any atom is -0.457 e. The molecule has 0 aliphatic carbocycles. The fourth-order valence-corrected chi connectivity index (χ4v) is 1.71. The van der Waals surface area contributed by atoms with Gasteiger partial charge in [-0.2, -0.15) is 4.99 Å². The first-order chi connectivity index (χ1) is 9.70. The summed E-state index contributed by atoms with van der Waals surface area (Å²) < 4.78 is 5.21. The summed E-state index contributed by atoms with van der Waals surface area (Å²) >= 11 is 0. The Morgan fingerprint density at radius 1 is 1.20 bits per heavy atom. The molecular formula is C16H13NO3. The highest BCUT2D eigenvalue weighted by Crippen LogP contribution is 2.20. The summed E-state index contributed by atoms with van der Waals surface area (Å²) in [6.07, 6.45) is 1.47. The van der Waals surface area contributed by atoms with Crippen molar-refractivity contribution in [2.45, 2.75) is 13.5 Å². The summed E-state index contributed by atoms with van der Waals surface area (Å²) in [6, 6.07) is 14.3. The van der Waals surface area contributed by atoms with Crippen molar-refractivity contribution in [3.8, 4) is 0 Å². The van der Waals surface area contributed by atoms with Crippen LogP contribution in [0.3, 0.4) is 0 Å². The van der Waals surface area contributed by atoms with Crippen molar-refractivity contribution < 1.29 is 14.3 Å². The van der Waals surface area contributed by atoms with Gasteiger partial charge in [0.05, 0.1) is 11.3 Å². The van der Waals surface area contributed by atoms with E-state index in [9.17, 15) is 9.59 Å². The van der Waals surface area contributed by atoms with Crippen molar-refractivity contribution >= 4 is 17.7 Å². The van der Waals surface area contributed by atoms with Gasteiger partial charge in [-0.1, -0.05) is 36.4 Å². The van der Waals surface area contributed by atoms with E-state index in [0.29, 0.717) is 11.3 Å². The van der Waals surface area contributed by atoms with Crippen molar-refractivity contribution in [3.63, 3.8) is 0 Å². The zero-order chi connectivity index (χ0) is 14.4. The van der Waals surface area contributed by atoms with Crippen LogP contribution < -0.4 is 0 Å². The third-order valence-corrected chi connectivity index (χ3v) is 2.82. The number of aryl methyl sites for hydroxylation is 1. The molecule has 0 saturated heterocycles. The molecule has 0 amide bonds. The van der Waals surface area contributed by atoms with Gasteiger partial charge in [0.1, 0.15) is 6.61 Å². The van der Waals surface area contributed by atoms with E-state index in [4.69, 9.17) is 4.74 Å². The van der Waals surface area contributed by atoms with Crippen LogP contribution in [0.25, 0.3) is 0 Å². The van der Waals surface area contributed by atoms with Crippen LogP contribution in [-0.4, -0.2) is 12.0 Å². The molecule has 0 heterocycles. The molecule has 0 unspecified atom stereocenters. The van der Waals surface area contributed by atoms with Gasteiger partial charge in [-0.25, -0.2) is 9.59 Å². The normalized spacial score (nSPS) is 9.65. The van der Waals surface area contributed by atoms with Gasteiger partial charge in [-0.15, -0.1) is 0 Å². The Kier molecular flexibility index (Phi) is 4.43. The fourth-order valence-electron chi connectivity index (χ4n) is 1.71. The first kappa shape index (κ1) is 13.7. The number of nitrogens with zero attached hydrogens (tertiary/aromatic N) is 1. The molecule has 4 heteroatoms. The molecule has 2 rings (SSSR count). The van der Waals surface area contributed by atoms with Crippen LogP contribution in [0.5, 0.6) is 0 Å². The number of rotatable bonds is 4. The topological polar surface area (TPSA) is 55.7 Å². The third-order valence-electron chi connectivity index (χ3n) is 2.82. The number of carbonyl (C=O) groups excluding carboxylic acids is 2. The number of benzene rings is 2. The van der Waals surface area contributed by atoms with Crippen LogP contribution in [0.15, 0.2) is 53.5 Å². The first-order valence-electron chi connectivity index (χ1n) is 6.10. The van der Waals surface area contributed by atoms with Crippen LogP contribution in [0.4, 0.5) is 5.69 Å². The number of esters is 1. The molecule has 0 saturated carbocycles. The summed E-state index contributed by atoms with van der Waals surface area (Å²) in [5.74, 6) is -0.448.